The predicted molar refractivity (Wildman–Crippen MR) is 47.2 cm³/mol. The van der Waals surface area contributed by atoms with Gasteiger partial charge in [-0.25, -0.2) is 0 Å². The highest BCUT2D eigenvalue weighted by Crippen LogP contribution is 2.13. The fourth-order valence-electron chi connectivity index (χ4n) is 0.648. The van der Waals surface area contributed by atoms with Crippen molar-refractivity contribution in [2.75, 3.05) is 7.11 Å². The lowest BCUT2D eigenvalue weighted by atomic mass is 10.4. The Labute approximate surface area is 70.5 Å². The highest BCUT2D eigenvalue weighted by Gasteiger charge is 1.93. The van der Waals surface area contributed by atoms with Gasteiger partial charge in [-0.2, -0.15) is 0 Å². The fourth-order valence-corrected chi connectivity index (χ4v) is 1.42. The zero-order valence-electron chi connectivity index (χ0n) is 6.70. The average molecular weight is 172 g/mol. The van der Waals surface area contributed by atoms with Crippen LogP contribution in [0.3, 0.4) is 0 Å². The van der Waals surface area contributed by atoms with Gasteiger partial charge in [0.15, 0.2) is 6.29 Å². The van der Waals surface area contributed by atoms with Gasteiger partial charge in [-0.05, 0) is 18.6 Å². The number of aldehydes is 1. The second-order valence-corrected chi connectivity index (χ2v) is 2.98. The topological polar surface area (TPSA) is 37.3 Å². The van der Waals surface area contributed by atoms with Gasteiger partial charge in [0.05, 0.1) is 4.88 Å². The first-order valence-corrected chi connectivity index (χ1v) is 4.17. The number of thiophene rings is 1. The van der Waals surface area contributed by atoms with Crippen molar-refractivity contribution in [3.8, 4) is 0 Å². The summed E-state index contributed by atoms with van der Waals surface area (Å²) >= 11 is 1.56. The molecule has 0 saturated carbocycles. The van der Waals surface area contributed by atoms with Crippen molar-refractivity contribution >= 4 is 17.6 Å². The van der Waals surface area contributed by atoms with E-state index in [9.17, 15) is 4.79 Å². The van der Waals surface area contributed by atoms with Gasteiger partial charge in [0.1, 0.15) is 0 Å². The van der Waals surface area contributed by atoms with Crippen molar-refractivity contribution in [1.29, 1.82) is 0 Å². The van der Waals surface area contributed by atoms with E-state index in [0.29, 0.717) is 0 Å². The Kier molecular flexibility index (Phi) is 5.70. The first kappa shape index (κ1) is 10.3. The van der Waals surface area contributed by atoms with E-state index in [-0.39, 0.29) is 0 Å². The van der Waals surface area contributed by atoms with Gasteiger partial charge in [0.25, 0.3) is 0 Å². The van der Waals surface area contributed by atoms with Gasteiger partial charge in [0.2, 0.25) is 0 Å². The van der Waals surface area contributed by atoms with Gasteiger partial charge in [0, 0.05) is 12.0 Å². The summed E-state index contributed by atoms with van der Waals surface area (Å²) in [6.07, 6.45) is 1.92. The van der Waals surface area contributed by atoms with E-state index in [2.05, 4.69) is 6.92 Å². The monoisotopic (exact) mass is 172 g/mol. The molecule has 0 radical (unpaired) electrons. The second-order valence-electron chi connectivity index (χ2n) is 1.78. The lowest BCUT2D eigenvalue weighted by molar-refractivity contribution is 0.112. The third kappa shape index (κ3) is 3.30. The number of aliphatic hydroxyl groups is 1. The molecule has 1 aromatic rings. The third-order valence-corrected chi connectivity index (χ3v) is 2.30. The van der Waals surface area contributed by atoms with Gasteiger partial charge >= 0.3 is 0 Å². The number of hydrogen-bond donors (Lipinski definition) is 1. The van der Waals surface area contributed by atoms with E-state index >= 15 is 0 Å². The smallest absolute Gasteiger partial charge is 0.160 e. The van der Waals surface area contributed by atoms with Crippen molar-refractivity contribution in [3.05, 3.63) is 21.9 Å². The number of aliphatic hydroxyl groups excluding tert-OH is 1. The van der Waals surface area contributed by atoms with Crippen molar-refractivity contribution in [1.82, 2.24) is 0 Å². The molecule has 0 aromatic carbocycles. The summed E-state index contributed by atoms with van der Waals surface area (Å²) in [4.78, 5) is 12.2. The van der Waals surface area contributed by atoms with E-state index in [1.54, 1.807) is 11.3 Å². The molecule has 0 bridgehead atoms. The lowest BCUT2D eigenvalue weighted by Gasteiger charge is -1.80. The average Bonchev–Trinajstić information content (AvgIpc) is 2.55. The van der Waals surface area contributed by atoms with E-state index in [0.717, 1.165) is 24.7 Å². The van der Waals surface area contributed by atoms with Crippen LogP contribution >= 0.6 is 11.3 Å². The standard InChI is InChI=1S/C7H8OS.CH4O/c1-2-6-3-4-7(5-8)9-6;1-2/h3-5H,2H2,1H3;2H,1H3. The molecule has 2 nitrogen and oxygen atoms in total. The Bertz CT molecular complexity index is 206. The first-order valence-electron chi connectivity index (χ1n) is 3.35. The minimum Gasteiger partial charge on any atom is -0.400 e. The molecule has 0 saturated heterocycles. The molecule has 0 aliphatic rings. The summed E-state index contributed by atoms with van der Waals surface area (Å²) in [5.74, 6) is 0. The number of aryl methyl sites for hydroxylation is 1. The molecular weight excluding hydrogens is 160 g/mol. The SMILES string of the molecule is CCc1ccc(C=O)s1.CO. The third-order valence-electron chi connectivity index (χ3n) is 1.15. The summed E-state index contributed by atoms with van der Waals surface area (Å²) in [6, 6.07) is 3.85. The molecular formula is C8H12O2S. The Hall–Kier alpha value is -0.670. The maximum atomic E-state index is 10.1. The van der Waals surface area contributed by atoms with Gasteiger partial charge in [-0.15, -0.1) is 11.3 Å². The highest BCUT2D eigenvalue weighted by molar-refractivity contribution is 7.13. The quantitative estimate of drug-likeness (QED) is 0.690. The zero-order chi connectivity index (χ0) is 8.69. The number of rotatable bonds is 2. The van der Waals surface area contributed by atoms with Gasteiger partial charge < -0.3 is 5.11 Å². The molecule has 1 heterocycles. The number of carbonyl (C=O) groups excluding carboxylic acids is 1. The van der Waals surface area contributed by atoms with Crippen molar-refractivity contribution in [2.45, 2.75) is 13.3 Å². The summed E-state index contributed by atoms with van der Waals surface area (Å²) in [7, 11) is 1.00. The summed E-state index contributed by atoms with van der Waals surface area (Å²) < 4.78 is 0. The van der Waals surface area contributed by atoms with Crippen LogP contribution in [0.5, 0.6) is 0 Å². The second kappa shape index (κ2) is 6.07. The van der Waals surface area contributed by atoms with Crippen LogP contribution < -0.4 is 0 Å². The molecule has 0 fully saturated rings. The van der Waals surface area contributed by atoms with E-state index < -0.39 is 0 Å². The van der Waals surface area contributed by atoms with Crippen LogP contribution in [0.25, 0.3) is 0 Å². The molecule has 3 heteroatoms. The normalized spacial score (nSPS) is 8.27. The van der Waals surface area contributed by atoms with Crippen molar-refractivity contribution in [3.63, 3.8) is 0 Å². The van der Waals surface area contributed by atoms with Crippen molar-refractivity contribution < 1.29 is 9.90 Å². The summed E-state index contributed by atoms with van der Waals surface area (Å²) in [5, 5.41) is 7.00. The maximum Gasteiger partial charge on any atom is 0.160 e. The molecule has 1 N–H and O–H groups in total. The molecule has 0 unspecified atom stereocenters. The van der Waals surface area contributed by atoms with Crippen LogP contribution in [0.1, 0.15) is 21.5 Å². The molecule has 0 atom stereocenters. The van der Waals surface area contributed by atoms with Crippen LogP contribution in [0.4, 0.5) is 0 Å². The molecule has 0 amide bonds. The van der Waals surface area contributed by atoms with Crippen LogP contribution in [-0.4, -0.2) is 18.5 Å². The molecule has 0 aliphatic heterocycles. The number of carbonyl (C=O) groups is 1. The largest absolute Gasteiger partial charge is 0.400 e. The lowest BCUT2D eigenvalue weighted by Crippen LogP contribution is -1.65. The fraction of sp³-hybridized carbons (Fsp3) is 0.375. The highest BCUT2D eigenvalue weighted by atomic mass is 32.1. The van der Waals surface area contributed by atoms with E-state index in [1.165, 1.54) is 4.88 Å². The Morgan fingerprint density at radius 1 is 1.55 bits per heavy atom. The Balaban J connectivity index is 0.000000461. The molecule has 0 spiro atoms. The first-order chi connectivity index (χ1) is 5.36. The van der Waals surface area contributed by atoms with Crippen LogP contribution in [0.15, 0.2) is 12.1 Å². The van der Waals surface area contributed by atoms with Crippen LogP contribution in [0.2, 0.25) is 0 Å². The van der Waals surface area contributed by atoms with Gasteiger partial charge in [-0.3, -0.25) is 4.79 Å². The summed E-state index contributed by atoms with van der Waals surface area (Å²) in [5.41, 5.74) is 0. The summed E-state index contributed by atoms with van der Waals surface area (Å²) in [6.45, 7) is 2.08. The van der Waals surface area contributed by atoms with E-state index in [1.807, 2.05) is 12.1 Å². The Morgan fingerprint density at radius 3 is 2.45 bits per heavy atom. The molecule has 0 aliphatic carbocycles. The predicted octanol–water partition coefficient (Wildman–Crippen LogP) is 1.73. The van der Waals surface area contributed by atoms with Crippen LogP contribution in [-0.2, 0) is 6.42 Å². The minimum atomic E-state index is 0.826. The number of hydrogen-bond acceptors (Lipinski definition) is 3. The van der Waals surface area contributed by atoms with Crippen LogP contribution in [0, 0.1) is 0 Å². The van der Waals surface area contributed by atoms with Crippen molar-refractivity contribution in [2.24, 2.45) is 0 Å². The minimum absolute atomic E-state index is 0.826. The molecule has 11 heavy (non-hydrogen) atoms. The molecule has 1 rings (SSSR count). The Morgan fingerprint density at radius 2 is 2.18 bits per heavy atom. The maximum absolute atomic E-state index is 10.1. The molecule has 62 valence electrons. The van der Waals surface area contributed by atoms with Gasteiger partial charge in [-0.1, -0.05) is 6.92 Å². The zero-order valence-corrected chi connectivity index (χ0v) is 7.52. The van der Waals surface area contributed by atoms with E-state index in [4.69, 9.17) is 5.11 Å². The molecule has 1 aromatic heterocycles.